The Hall–Kier alpha value is -1.37. The Morgan fingerprint density at radius 2 is 2.11 bits per heavy atom. The molecule has 18 heavy (non-hydrogen) atoms. The summed E-state index contributed by atoms with van der Waals surface area (Å²) in [5, 5.41) is 8.77. The monoisotopic (exact) mass is 244 g/mol. The topological polar surface area (TPSA) is 36.3 Å². The number of hydrogen-bond donors (Lipinski definition) is 0. The molecule has 2 atom stereocenters. The quantitative estimate of drug-likeness (QED) is 0.819. The zero-order valence-corrected chi connectivity index (χ0v) is 11.1. The van der Waals surface area contributed by atoms with Crippen molar-refractivity contribution in [3.05, 3.63) is 35.4 Å². The predicted molar refractivity (Wildman–Crippen MR) is 71.0 cm³/mol. The third-order valence-electron chi connectivity index (χ3n) is 3.77. The first-order valence-electron chi connectivity index (χ1n) is 6.47. The second-order valence-electron chi connectivity index (χ2n) is 5.08. The minimum atomic E-state index is 0.345. The summed E-state index contributed by atoms with van der Waals surface area (Å²) in [5.41, 5.74) is 1.99. The van der Waals surface area contributed by atoms with Gasteiger partial charge in [0, 0.05) is 20.2 Å². The Balaban J connectivity index is 1.95. The van der Waals surface area contributed by atoms with Crippen LogP contribution in [0.2, 0.25) is 0 Å². The number of benzene rings is 1. The van der Waals surface area contributed by atoms with Gasteiger partial charge in [-0.1, -0.05) is 19.1 Å². The van der Waals surface area contributed by atoms with Crippen molar-refractivity contribution in [2.75, 3.05) is 20.2 Å². The Labute approximate surface area is 109 Å². The van der Waals surface area contributed by atoms with E-state index in [4.69, 9.17) is 10.00 Å². The fraction of sp³-hybridized carbons (Fsp3) is 0.533. The lowest BCUT2D eigenvalue weighted by molar-refractivity contribution is -0.00744. The van der Waals surface area contributed by atoms with Crippen LogP contribution in [0.4, 0.5) is 0 Å². The van der Waals surface area contributed by atoms with E-state index in [2.05, 4.69) is 17.9 Å². The van der Waals surface area contributed by atoms with Crippen LogP contribution < -0.4 is 0 Å². The third-order valence-corrected chi connectivity index (χ3v) is 3.77. The number of ether oxygens (including phenoxy) is 1. The molecule has 0 aliphatic carbocycles. The molecule has 0 N–H and O–H groups in total. The first-order valence-corrected chi connectivity index (χ1v) is 6.47. The van der Waals surface area contributed by atoms with Gasteiger partial charge in [-0.3, -0.25) is 4.90 Å². The Morgan fingerprint density at radius 1 is 1.39 bits per heavy atom. The molecule has 1 aliphatic rings. The molecule has 1 aromatic carbocycles. The summed E-state index contributed by atoms with van der Waals surface area (Å²) in [6.45, 7) is 5.32. The number of piperidine rings is 1. The summed E-state index contributed by atoms with van der Waals surface area (Å²) in [6, 6.07) is 10.00. The van der Waals surface area contributed by atoms with Gasteiger partial charge in [0.15, 0.2) is 0 Å². The Kier molecular flexibility index (Phi) is 4.35. The average molecular weight is 244 g/mol. The van der Waals surface area contributed by atoms with E-state index in [1.807, 2.05) is 24.3 Å². The molecule has 3 heteroatoms. The summed E-state index contributed by atoms with van der Waals surface area (Å²) >= 11 is 0. The molecule has 1 fully saturated rings. The van der Waals surface area contributed by atoms with Gasteiger partial charge in [-0.15, -0.1) is 0 Å². The molecule has 0 spiro atoms. The molecule has 1 heterocycles. The van der Waals surface area contributed by atoms with Crippen LogP contribution >= 0.6 is 0 Å². The molecule has 0 radical (unpaired) electrons. The lowest BCUT2D eigenvalue weighted by Crippen LogP contribution is -2.43. The first kappa shape index (κ1) is 13.1. The lowest BCUT2D eigenvalue weighted by Gasteiger charge is -2.36. The molecule has 2 rings (SSSR count). The van der Waals surface area contributed by atoms with Crippen molar-refractivity contribution in [3.8, 4) is 6.07 Å². The molecular formula is C15H20N2O. The van der Waals surface area contributed by atoms with E-state index < -0.39 is 0 Å². The minimum Gasteiger partial charge on any atom is -0.380 e. The van der Waals surface area contributed by atoms with Gasteiger partial charge in [-0.25, -0.2) is 0 Å². The van der Waals surface area contributed by atoms with Crippen molar-refractivity contribution >= 4 is 0 Å². The molecule has 3 nitrogen and oxygen atoms in total. The molecule has 1 aromatic rings. The zero-order valence-electron chi connectivity index (χ0n) is 11.1. The maximum atomic E-state index is 8.77. The molecule has 2 unspecified atom stereocenters. The number of rotatable bonds is 3. The van der Waals surface area contributed by atoms with Gasteiger partial charge in [-0.05, 0) is 36.6 Å². The predicted octanol–water partition coefficient (Wildman–Crippen LogP) is 2.42. The van der Waals surface area contributed by atoms with Gasteiger partial charge in [0.1, 0.15) is 0 Å². The number of methoxy groups -OCH3 is 1. The Bertz CT molecular complexity index is 421. The van der Waals surface area contributed by atoms with E-state index in [1.54, 1.807) is 7.11 Å². The first-order chi connectivity index (χ1) is 8.72. The fourth-order valence-electron chi connectivity index (χ4n) is 2.49. The number of likely N-dealkylation sites (tertiary alicyclic amines) is 1. The summed E-state index contributed by atoms with van der Waals surface area (Å²) < 4.78 is 5.52. The molecule has 0 amide bonds. The van der Waals surface area contributed by atoms with Crippen LogP contribution in [-0.4, -0.2) is 31.2 Å². The second-order valence-corrected chi connectivity index (χ2v) is 5.08. The normalized spacial score (nSPS) is 24.7. The van der Waals surface area contributed by atoms with Crippen LogP contribution in [0.3, 0.4) is 0 Å². The van der Waals surface area contributed by atoms with Gasteiger partial charge in [-0.2, -0.15) is 5.26 Å². The van der Waals surface area contributed by atoms with Crippen molar-refractivity contribution < 1.29 is 4.74 Å². The highest BCUT2D eigenvalue weighted by Crippen LogP contribution is 2.21. The molecule has 0 bridgehead atoms. The number of nitrogens with zero attached hydrogens (tertiary/aromatic N) is 2. The van der Waals surface area contributed by atoms with Gasteiger partial charge < -0.3 is 4.74 Å². The number of nitriles is 1. The molecule has 0 aromatic heterocycles. The van der Waals surface area contributed by atoms with E-state index in [1.165, 1.54) is 12.0 Å². The summed E-state index contributed by atoms with van der Waals surface area (Å²) in [7, 11) is 1.80. The van der Waals surface area contributed by atoms with E-state index in [-0.39, 0.29) is 0 Å². The molecule has 96 valence electrons. The highest BCUT2D eigenvalue weighted by Gasteiger charge is 2.25. The van der Waals surface area contributed by atoms with Gasteiger partial charge in [0.25, 0.3) is 0 Å². The van der Waals surface area contributed by atoms with E-state index in [0.717, 1.165) is 25.2 Å². The summed E-state index contributed by atoms with van der Waals surface area (Å²) in [6.07, 6.45) is 1.53. The SMILES string of the molecule is COC1CN(Cc2ccc(C#N)cc2)CCC1C. The average Bonchev–Trinajstić information content (AvgIpc) is 2.42. The van der Waals surface area contributed by atoms with Crippen LogP contribution in [0.5, 0.6) is 0 Å². The van der Waals surface area contributed by atoms with Crippen LogP contribution in [0, 0.1) is 17.2 Å². The smallest absolute Gasteiger partial charge is 0.0991 e. The van der Waals surface area contributed by atoms with E-state index in [0.29, 0.717) is 12.0 Å². The van der Waals surface area contributed by atoms with Gasteiger partial charge in [0.05, 0.1) is 17.7 Å². The maximum absolute atomic E-state index is 8.77. The maximum Gasteiger partial charge on any atom is 0.0991 e. The van der Waals surface area contributed by atoms with Crippen LogP contribution in [-0.2, 0) is 11.3 Å². The third kappa shape index (κ3) is 3.10. The van der Waals surface area contributed by atoms with E-state index in [9.17, 15) is 0 Å². The largest absolute Gasteiger partial charge is 0.380 e. The summed E-state index contributed by atoms with van der Waals surface area (Å²) in [5.74, 6) is 0.646. The van der Waals surface area contributed by atoms with Crippen molar-refractivity contribution in [3.63, 3.8) is 0 Å². The van der Waals surface area contributed by atoms with E-state index >= 15 is 0 Å². The van der Waals surface area contributed by atoms with Gasteiger partial charge in [0.2, 0.25) is 0 Å². The Morgan fingerprint density at radius 3 is 2.72 bits per heavy atom. The molecular weight excluding hydrogens is 224 g/mol. The van der Waals surface area contributed by atoms with Crippen LogP contribution in [0.15, 0.2) is 24.3 Å². The minimum absolute atomic E-state index is 0.345. The fourth-order valence-corrected chi connectivity index (χ4v) is 2.49. The van der Waals surface area contributed by atoms with Gasteiger partial charge >= 0.3 is 0 Å². The standard InChI is InChI=1S/C15H20N2O/c1-12-7-8-17(11-15(12)18-2)10-14-5-3-13(9-16)4-6-14/h3-6,12,15H,7-8,10-11H2,1-2H3. The van der Waals surface area contributed by atoms with Crippen molar-refractivity contribution in [1.82, 2.24) is 4.90 Å². The zero-order chi connectivity index (χ0) is 13.0. The van der Waals surface area contributed by atoms with Crippen LogP contribution in [0.1, 0.15) is 24.5 Å². The summed E-state index contributed by atoms with van der Waals surface area (Å²) in [4.78, 5) is 2.43. The molecule has 1 saturated heterocycles. The van der Waals surface area contributed by atoms with Crippen molar-refractivity contribution in [2.24, 2.45) is 5.92 Å². The van der Waals surface area contributed by atoms with Crippen molar-refractivity contribution in [2.45, 2.75) is 26.0 Å². The second kappa shape index (κ2) is 5.99. The molecule has 0 saturated carbocycles. The highest BCUT2D eigenvalue weighted by atomic mass is 16.5. The highest BCUT2D eigenvalue weighted by molar-refractivity contribution is 5.31. The lowest BCUT2D eigenvalue weighted by atomic mass is 9.95. The number of hydrogen-bond acceptors (Lipinski definition) is 3. The van der Waals surface area contributed by atoms with Crippen molar-refractivity contribution in [1.29, 1.82) is 5.26 Å². The molecule has 1 aliphatic heterocycles. The van der Waals surface area contributed by atoms with Crippen LogP contribution in [0.25, 0.3) is 0 Å².